The molecule has 0 saturated carbocycles. The van der Waals surface area contributed by atoms with Crippen LogP contribution in [0, 0.1) is 13.8 Å². The van der Waals surface area contributed by atoms with E-state index in [4.69, 9.17) is 13.6 Å². The summed E-state index contributed by atoms with van der Waals surface area (Å²) in [7, 11) is 1.82. The first kappa shape index (κ1) is 21.4. The lowest BCUT2D eigenvalue weighted by atomic mass is 10.1. The molecule has 172 valence electrons. The summed E-state index contributed by atoms with van der Waals surface area (Å²) in [5, 5.41) is 8.35. The summed E-state index contributed by atoms with van der Waals surface area (Å²) in [6, 6.07) is 9.24. The molecular formula is C24H27N5O4. The van der Waals surface area contributed by atoms with Gasteiger partial charge in [0.25, 0.3) is 5.91 Å². The number of amides is 1. The van der Waals surface area contributed by atoms with Crippen LogP contribution >= 0.6 is 0 Å². The summed E-state index contributed by atoms with van der Waals surface area (Å²) in [4.78, 5) is 20.5. The van der Waals surface area contributed by atoms with Crippen molar-refractivity contribution in [1.82, 2.24) is 25.0 Å². The van der Waals surface area contributed by atoms with Crippen molar-refractivity contribution < 1.29 is 18.4 Å². The van der Waals surface area contributed by atoms with Crippen molar-refractivity contribution in [2.75, 3.05) is 32.8 Å². The lowest BCUT2D eigenvalue weighted by Gasteiger charge is -2.33. The molecule has 1 saturated heterocycles. The molecule has 1 unspecified atom stereocenters. The summed E-state index contributed by atoms with van der Waals surface area (Å²) < 4.78 is 18.7. The maximum absolute atomic E-state index is 13.5. The molecule has 1 amide bonds. The molecule has 9 nitrogen and oxygen atoms in total. The molecule has 0 aliphatic carbocycles. The number of hydrogen-bond donors (Lipinski definition) is 1. The number of ether oxygens (including phenoxy) is 1. The third-order valence-corrected chi connectivity index (χ3v) is 6.02. The normalized spacial score (nSPS) is 15.7. The van der Waals surface area contributed by atoms with Crippen molar-refractivity contribution in [3.63, 3.8) is 0 Å². The lowest BCUT2D eigenvalue weighted by Crippen LogP contribution is -2.43. The number of aromatic nitrogens is 3. The third kappa shape index (κ3) is 4.17. The number of morpholine rings is 1. The van der Waals surface area contributed by atoms with Crippen molar-refractivity contribution >= 4 is 16.9 Å². The van der Waals surface area contributed by atoms with E-state index in [1.165, 1.54) is 0 Å². The smallest absolute Gasteiger partial charge is 0.252 e. The van der Waals surface area contributed by atoms with E-state index in [9.17, 15) is 4.79 Å². The van der Waals surface area contributed by atoms with Crippen molar-refractivity contribution in [2.45, 2.75) is 19.9 Å². The molecule has 1 fully saturated rings. The van der Waals surface area contributed by atoms with Crippen LogP contribution in [0.1, 0.15) is 33.6 Å². The van der Waals surface area contributed by atoms with Crippen LogP contribution in [0.25, 0.3) is 22.5 Å². The second-order valence-electron chi connectivity index (χ2n) is 8.26. The minimum Gasteiger partial charge on any atom is -0.465 e. The monoisotopic (exact) mass is 449 g/mol. The van der Waals surface area contributed by atoms with Crippen LogP contribution in [0.4, 0.5) is 0 Å². The Morgan fingerprint density at radius 3 is 2.73 bits per heavy atom. The number of fused-ring (bicyclic) bond motifs is 1. The van der Waals surface area contributed by atoms with Crippen molar-refractivity contribution in [3.05, 3.63) is 59.4 Å². The van der Waals surface area contributed by atoms with Crippen molar-refractivity contribution in [1.29, 1.82) is 0 Å². The third-order valence-electron chi connectivity index (χ3n) is 6.02. The van der Waals surface area contributed by atoms with Gasteiger partial charge in [-0.25, -0.2) is 4.98 Å². The van der Waals surface area contributed by atoms with E-state index in [0.717, 1.165) is 35.7 Å². The van der Waals surface area contributed by atoms with Gasteiger partial charge in [-0.05, 0) is 44.2 Å². The van der Waals surface area contributed by atoms with Gasteiger partial charge < -0.3 is 18.9 Å². The molecule has 0 bridgehead atoms. The number of carbonyl (C=O) groups is 1. The van der Waals surface area contributed by atoms with Gasteiger partial charge in [0, 0.05) is 26.7 Å². The molecule has 1 aliphatic rings. The number of hydrogen-bond acceptors (Lipinski definition) is 7. The highest BCUT2D eigenvalue weighted by atomic mass is 16.5. The quantitative estimate of drug-likeness (QED) is 0.482. The van der Waals surface area contributed by atoms with Gasteiger partial charge in [0.05, 0.1) is 42.2 Å². The molecule has 5 rings (SSSR count). The zero-order valence-corrected chi connectivity index (χ0v) is 19.0. The number of furan rings is 2. The minimum atomic E-state index is -0.187. The van der Waals surface area contributed by atoms with Crippen LogP contribution in [-0.4, -0.2) is 58.4 Å². The zero-order chi connectivity index (χ0) is 22.9. The van der Waals surface area contributed by atoms with Gasteiger partial charge in [-0.3, -0.25) is 14.4 Å². The minimum absolute atomic E-state index is 0.0802. The molecular weight excluding hydrogens is 422 g/mol. The number of aryl methyl sites for hydroxylation is 3. The second-order valence-corrected chi connectivity index (χ2v) is 8.26. The SMILES string of the molecule is Cc1ccc(C(CNC(=O)c2cc(-c3ccco3)nc3c2c(C)nn3C)N2CCOCC2)o1. The molecule has 0 aromatic carbocycles. The van der Waals surface area contributed by atoms with E-state index < -0.39 is 0 Å². The largest absolute Gasteiger partial charge is 0.465 e. The van der Waals surface area contributed by atoms with E-state index in [-0.39, 0.29) is 11.9 Å². The van der Waals surface area contributed by atoms with E-state index in [2.05, 4.69) is 20.3 Å². The summed E-state index contributed by atoms with van der Waals surface area (Å²) >= 11 is 0. The Morgan fingerprint density at radius 2 is 2.03 bits per heavy atom. The fourth-order valence-corrected chi connectivity index (χ4v) is 4.39. The first-order chi connectivity index (χ1) is 16.0. The fraction of sp³-hybridized carbons (Fsp3) is 0.375. The Bertz CT molecular complexity index is 1270. The molecule has 4 aromatic rings. The standard InChI is InChI=1S/C24H27N5O4/c1-15-6-7-21(33-15)19(29-8-11-31-12-9-29)14-25-24(30)17-13-18(20-5-4-10-32-20)26-23-22(17)16(2)27-28(23)3/h4-7,10,13,19H,8-9,11-12,14H2,1-3H3,(H,25,30). The number of carbonyl (C=O) groups excluding carboxylic acids is 1. The van der Waals surface area contributed by atoms with Gasteiger partial charge in [0.15, 0.2) is 11.4 Å². The van der Waals surface area contributed by atoms with Gasteiger partial charge in [-0.15, -0.1) is 0 Å². The summed E-state index contributed by atoms with van der Waals surface area (Å²) in [5.41, 5.74) is 2.50. The number of nitrogens with zero attached hydrogens (tertiary/aromatic N) is 4. The van der Waals surface area contributed by atoms with E-state index in [1.54, 1.807) is 23.1 Å². The van der Waals surface area contributed by atoms with E-state index in [0.29, 0.717) is 42.4 Å². The van der Waals surface area contributed by atoms with E-state index >= 15 is 0 Å². The Morgan fingerprint density at radius 1 is 1.21 bits per heavy atom. The highest BCUT2D eigenvalue weighted by Crippen LogP contribution is 2.28. The number of pyridine rings is 1. The molecule has 1 atom stereocenters. The van der Waals surface area contributed by atoms with Gasteiger partial charge in [0.1, 0.15) is 17.2 Å². The summed E-state index contributed by atoms with van der Waals surface area (Å²) in [5.74, 6) is 2.10. The first-order valence-electron chi connectivity index (χ1n) is 11.1. The van der Waals surface area contributed by atoms with Crippen LogP contribution in [0.5, 0.6) is 0 Å². The Kier molecular flexibility index (Phi) is 5.74. The van der Waals surface area contributed by atoms with Crippen LogP contribution in [0.15, 0.2) is 45.4 Å². The van der Waals surface area contributed by atoms with Crippen molar-refractivity contribution in [3.8, 4) is 11.5 Å². The second kappa shape index (κ2) is 8.84. The van der Waals surface area contributed by atoms with Gasteiger partial charge in [-0.1, -0.05) is 0 Å². The molecule has 1 N–H and O–H groups in total. The topological polar surface area (TPSA) is 98.6 Å². The van der Waals surface area contributed by atoms with Crippen LogP contribution < -0.4 is 5.32 Å². The number of rotatable bonds is 6. The van der Waals surface area contributed by atoms with Crippen LogP contribution in [-0.2, 0) is 11.8 Å². The van der Waals surface area contributed by atoms with Crippen LogP contribution in [0.2, 0.25) is 0 Å². The molecule has 5 heterocycles. The zero-order valence-electron chi connectivity index (χ0n) is 19.0. The van der Waals surface area contributed by atoms with Gasteiger partial charge >= 0.3 is 0 Å². The molecule has 0 spiro atoms. The maximum Gasteiger partial charge on any atom is 0.252 e. The van der Waals surface area contributed by atoms with Crippen molar-refractivity contribution in [2.24, 2.45) is 7.05 Å². The predicted octanol–water partition coefficient (Wildman–Crippen LogP) is 3.24. The fourth-order valence-electron chi connectivity index (χ4n) is 4.39. The summed E-state index contributed by atoms with van der Waals surface area (Å²) in [6.07, 6.45) is 1.59. The average Bonchev–Trinajstić information content (AvgIpc) is 3.56. The molecule has 4 aromatic heterocycles. The first-order valence-corrected chi connectivity index (χ1v) is 11.1. The molecule has 9 heteroatoms. The predicted molar refractivity (Wildman–Crippen MR) is 122 cm³/mol. The number of nitrogens with one attached hydrogen (secondary N) is 1. The lowest BCUT2D eigenvalue weighted by molar-refractivity contribution is 0.0117. The van der Waals surface area contributed by atoms with E-state index in [1.807, 2.05) is 39.1 Å². The molecule has 33 heavy (non-hydrogen) atoms. The van der Waals surface area contributed by atoms with Gasteiger partial charge in [-0.2, -0.15) is 5.10 Å². The molecule has 1 aliphatic heterocycles. The Hall–Kier alpha value is -3.43. The maximum atomic E-state index is 13.5. The Balaban J connectivity index is 1.46. The van der Waals surface area contributed by atoms with Gasteiger partial charge in [0.2, 0.25) is 0 Å². The highest BCUT2D eigenvalue weighted by molar-refractivity contribution is 6.07. The Labute approximate surface area is 191 Å². The highest BCUT2D eigenvalue weighted by Gasteiger charge is 2.27. The van der Waals surface area contributed by atoms with Crippen LogP contribution in [0.3, 0.4) is 0 Å². The average molecular weight is 450 g/mol. The molecule has 0 radical (unpaired) electrons. The summed E-state index contributed by atoms with van der Waals surface area (Å²) in [6.45, 7) is 7.11.